The summed E-state index contributed by atoms with van der Waals surface area (Å²) in [6.07, 6.45) is 6.60. The number of nitrogens with one attached hydrogen (secondary N) is 1. The van der Waals surface area contributed by atoms with Gasteiger partial charge in [-0.2, -0.15) is 10.2 Å². The molecule has 4 nitrogen and oxygen atoms in total. The second-order valence-corrected chi connectivity index (χ2v) is 3.94. The normalized spacial score (nSPS) is 23.9. The summed E-state index contributed by atoms with van der Waals surface area (Å²) in [6.45, 7) is 0.693. The summed E-state index contributed by atoms with van der Waals surface area (Å²) in [7, 11) is 0. The van der Waals surface area contributed by atoms with Gasteiger partial charge >= 0.3 is 0 Å². The first-order valence-electron chi connectivity index (χ1n) is 5.16. The van der Waals surface area contributed by atoms with E-state index in [4.69, 9.17) is 0 Å². The monoisotopic (exact) mass is 201 g/mol. The Morgan fingerprint density at radius 3 is 3.20 bits per heavy atom. The summed E-state index contributed by atoms with van der Waals surface area (Å²) in [5.74, 6) is -0.111. The van der Waals surface area contributed by atoms with Crippen LogP contribution in [0.2, 0.25) is 0 Å². The van der Waals surface area contributed by atoms with Crippen molar-refractivity contribution in [1.82, 2.24) is 5.32 Å². The van der Waals surface area contributed by atoms with Crippen LogP contribution >= 0.6 is 0 Å². The van der Waals surface area contributed by atoms with Gasteiger partial charge in [-0.25, -0.2) is 0 Å². The predicted octanol–water partition coefficient (Wildman–Crippen LogP) is 1.83. The minimum Gasteiger partial charge on any atom is -0.329 e. The van der Waals surface area contributed by atoms with Gasteiger partial charge < -0.3 is 5.32 Å². The second-order valence-electron chi connectivity index (χ2n) is 3.94. The zero-order valence-corrected chi connectivity index (χ0v) is 8.29. The van der Waals surface area contributed by atoms with Crippen LogP contribution in [0.25, 0.3) is 0 Å². The minimum atomic E-state index is -0.111. The van der Waals surface area contributed by atoms with E-state index in [0.717, 1.165) is 30.5 Å². The van der Waals surface area contributed by atoms with Gasteiger partial charge in [-0.15, -0.1) is 0 Å². The molecule has 4 heteroatoms. The fourth-order valence-electron chi connectivity index (χ4n) is 2.29. The Bertz CT molecular complexity index is 454. The van der Waals surface area contributed by atoms with Crippen molar-refractivity contribution in [3.63, 3.8) is 0 Å². The molecule has 2 heterocycles. The molecule has 76 valence electrons. The van der Waals surface area contributed by atoms with Crippen molar-refractivity contribution in [3.8, 4) is 0 Å². The highest BCUT2D eigenvalue weighted by atomic mass is 16.1. The van der Waals surface area contributed by atoms with E-state index in [0.29, 0.717) is 6.54 Å². The van der Waals surface area contributed by atoms with Gasteiger partial charge in [-0.1, -0.05) is 0 Å². The second kappa shape index (κ2) is 3.15. The van der Waals surface area contributed by atoms with Crippen LogP contribution < -0.4 is 5.32 Å². The molecule has 15 heavy (non-hydrogen) atoms. The summed E-state index contributed by atoms with van der Waals surface area (Å²) in [4.78, 5) is 11.4. The zero-order chi connectivity index (χ0) is 10.3. The molecule has 0 fully saturated rings. The topological polar surface area (TPSA) is 53.8 Å². The number of hydrogen-bond donors (Lipinski definition) is 1. The van der Waals surface area contributed by atoms with Gasteiger partial charge in [0.2, 0.25) is 5.91 Å². The molecule has 3 aliphatic rings. The maximum absolute atomic E-state index is 11.4. The van der Waals surface area contributed by atoms with Crippen molar-refractivity contribution >= 4 is 5.91 Å². The lowest BCUT2D eigenvalue weighted by Crippen LogP contribution is -2.13. The Morgan fingerprint density at radius 1 is 1.33 bits per heavy atom. The molecule has 0 spiro atoms. The van der Waals surface area contributed by atoms with Crippen molar-refractivity contribution < 1.29 is 4.79 Å². The van der Waals surface area contributed by atoms with Crippen molar-refractivity contribution in [3.05, 3.63) is 34.7 Å². The first-order valence-corrected chi connectivity index (χ1v) is 5.16. The van der Waals surface area contributed by atoms with Crippen LogP contribution in [0.3, 0.4) is 0 Å². The van der Waals surface area contributed by atoms with E-state index in [-0.39, 0.29) is 5.91 Å². The van der Waals surface area contributed by atoms with Gasteiger partial charge in [0.25, 0.3) is 0 Å². The summed E-state index contributed by atoms with van der Waals surface area (Å²) in [5, 5.41) is 10.9. The number of carbonyl (C=O) groups excluding carboxylic acids is 1. The number of nitrogens with zero attached hydrogens (tertiary/aromatic N) is 2. The Hall–Kier alpha value is -1.71. The molecule has 2 aliphatic heterocycles. The molecule has 0 unspecified atom stereocenters. The van der Waals surface area contributed by atoms with Gasteiger partial charge in [0.1, 0.15) is 0 Å². The molecule has 0 bridgehead atoms. The van der Waals surface area contributed by atoms with Crippen molar-refractivity contribution in [2.24, 2.45) is 10.2 Å². The molecule has 0 radical (unpaired) electrons. The number of azo groups is 1. The Balaban J connectivity index is 2.20. The standard InChI is InChI=1S/C11H11N3O/c15-10-4-9-11-7(5-12-10)2-1-3-8(11)6-13-14-9/h4-5H,1-3,6H2,(H,12,15). The fourth-order valence-corrected chi connectivity index (χ4v) is 2.29. The number of carbonyl (C=O) groups is 1. The van der Waals surface area contributed by atoms with E-state index in [9.17, 15) is 4.79 Å². The molecule has 0 aromatic carbocycles. The van der Waals surface area contributed by atoms with Crippen molar-refractivity contribution in [2.75, 3.05) is 6.54 Å². The molecule has 0 aromatic heterocycles. The summed E-state index contributed by atoms with van der Waals surface area (Å²) in [5.41, 5.74) is 4.42. The quantitative estimate of drug-likeness (QED) is 0.638. The van der Waals surface area contributed by atoms with Crippen LogP contribution in [0.4, 0.5) is 0 Å². The van der Waals surface area contributed by atoms with E-state index in [1.807, 2.05) is 6.20 Å². The van der Waals surface area contributed by atoms with E-state index < -0.39 is 0 Å². The third-order valence-corrected chi connectivity index (χ3v) is 2.95. The minimum absolute atomic E-state index is 0.111. The highest BCUT2D eigenvalue weighted by Crippen LogP contribution is 2.37. The highest BCUT2D eigenvalue weighted by molar-refractivity contribution is 5.91. The lowest BCUT2D eigenvalue weighted by atomic mass is 9.85. The first-order chi connectivity index (χ1) is 7.34. The SMILES string of the molecule is O=C1C=C2N=NCC3=C2C(=CN1)CCC3. The number of hydrogen-bond acceptors (Lipinski definition) is 3. The molecule has 0 saturated carbocycles. The molecule has 1 aliphatic carbocycles. The van der Waals surface area contributed by atoms with Gasteiger partial charge in [0, 0.05) is 17.8 Å². The largest absolute Gasteiger partial charge is 0.329 e. The highest BCUT2D eigenvalue weighted by Gasteiger charge is 2.25. The lowest BCUT2D eigenvalue weighted by molar-refractivity contribution is -0.115. The molecule has 1 amide bonds. The van der Waals surface area contributed by atoms with Gasteiger partial charge in [-0.3, -0.25) is 4.79 Å². The Morgan fingerprint density at radius 2 is 2.27 bits per heavy atom. The summed E-state index contributed by atoms with van der Waals surface area (Å²) < 4.78 is 0. The Labute approximate surface area is 87.5 Å². The van der Waals surface area contributed by atoms with Crippen LogP contribution in [0.15, 0.2) is 44.9 Å². The zero-order valence-electron chi connectivity index (χ0n) is 8.29. The predicted molar refractivity (Wildman–Crippen MR) is 54.9 cm³/mol. The van der Waals surface area contributed by atoms with Crippen LogP contribution in [-0.2, 0) is 4.79 Å². The maximum atomic E-state index is 11.4. The van der Waals surface area contributed by atoms with Gasteiger partial charge in [0.15, 0.2) is 0 Å². The van der Waals surface area contributed by atoms with Crippen LogP contribution in [0.1, 0.15) is 19.3 Å². The summed E-state index contributed by atoms with van der Waals surface area (Å²) in [6, 6.07) is 0. The average molecular weight is 201 g/mol. The molecule has 3 rings (SSSR count). The summed E-state index contributed by atoms with van der Waals surface area (Å²) >= 11 is 0. The van der Waals surface area contributed by atoms with Crippen LogP contribution in [0.5, 0.6) is 0 Å². The van der Waals surface area contributed by atoms with Gasteiger partial charge in [-0.05, 0) is 30.4 Å². The number of allylic oxidation sites excluding steroid dienone is 1. The molecule has 0 aromatic rings. The van der Waals surface area contributed by atoms with Crippen LogP contribution in [-0.4, -0.2) is 12.5 Å². The van der Waals surface area contributed by atoms with E-state index in [1.165, 1.54) is 17.2 Å². The molecule has 1 N–H and O–H groups in total. The fraction of sp³-hybridized carbons (Fsp3) is 0.364. The molecular weight excluding hydrogens is 190 g/mol. The molecule has 0 atom stereocenters. The van der Waals surface area contributed by atoms with Crippen molar-refractivity contribution in [1.29, 1.82) is 0 Å². The maximum Gasteiger partial charge on any atom is 0.250 e. The third-order valence-electron chi connectivity index (χ3n) is 2.95. The first kappa shape index (κ1) is 8.59. The van der Waals surface area contributed by atoms with Crippen LogP contribution in [0, 0.1) is 0 Å². The van der Waals surface area contributed by atoms with E-state index in [2.05, 4.69) is 15.5 Å². The number of rotatable bonds is 0. The van der Waals surface area contributed by atoms with E-state index >= 15 is 0 Å². The van der Waals surface area contributed by atoms with Crippen molar-refractivity contribution in [2.45, 2.75) is 19.3 Å². The Kier molecular flexibility index (Phi) is 1.80. The average Bonchev–Trinajstić information content (AvgIpc) is 2.41. The van der Waals surface area contributed by atoms with Gasteiger partial charge in [0.05, 0.1) is 12.2 Å². The smallest absolute Gasteiger partial charge is 0.250 e. The lowest BCUT2D eigenvalue weighted by Gasteiger charge is -2.23. The molecular formula is C11H11N3O. The molecule has 0 saturated heterocycles. The third kappa shape index (κ3) is 1.33. The number of amides is 1. The van der Waals surface area contributed by atoms with E-state index in [1.54, 1.807) is 0 Å².